The first-order valence-corrected chi connectivity index (χ1v) is 7.46. The van der Waals surface area contributed by atoms with E-state index in [2.05, 4.69) is 25.7 Å². The highest BCUT2D eigenvalue weighted by Crippen LogP contribution is 2.24. The zero-order valence-electron chi connectivity index (χ0n) is 12.2. The molecule has 1 fully saturated rings. The van der Waals surface area contributed by atoms with Crippen LogP contribution < -0.4 is 0 Å². The van der Waals surface area contributed by atoms with E-state index in [0.717, 1.165) is 19.5 Å². The zero-order chi connectivity index (χ0) is 13.5. The molecule has 3 heteroatoms. The Hall–Kier alpha value is -0.570. The molecule has 1 rings (SSSR count). The maximum atomic E-state index is 11.1. The lowest BCUT2D eigenvalue weighted by Gasteiger charge is -2.35. The van der Waals surface area contributed by atoms with Gasteiger partial charge in [-0.15, -0.1) is 0 Å². The van der Waals surface area contributed by atoms with Crippen molar-refractivity contribution >= 4 is 5.97 Å². The molecule has 0 saturated carbocycles. The average Bonchev–Trinajstić information content (AvgIpc) is 2.52. The first-order chi connectivity index (χ1) is 8.50. The molecule has 1 aliphatic rings. The van der Waals surface area contributed by atoms with E-state index in [-0.39, 0.29) is 6.04 Å². The summed E-state index contributed by atoms with van der Waals surface area (Å²) in [6.07, 6.45) is 6.47. The van der Waals surface area contributed by atoms with Crippen LogP contribution in [-0.4, -0.2) is 35.1 Å². The summed E-state index contributed by atoms with van der Waals surface area (Å²) < 4.78 is 0. The predicted octanol–water partition coefficient (Wildman–Crippen LogP) is 3.39. The van der Waals surface area contributed by atoms with Gasteiger partial charge >= 0.3 is 5.97 Å². The largest absolute Gasteiger partial charge is 0.481 e. The lowest BCUT2D eigenvalue weighted by molar-refractivity contribution is -0.139. The van der Waals surface area contributed by atoms with Crippen molar-refractivity contribution in [2.75, 3.05) is 13.1 Å². The van der Waals surface area contributed by atoms with E-state index in [4.69, 9.17) is 5.11 Å². The number of carbonyl (C=O) groups is 1. The minimum atomic E-state index is -0.653. The molecule has 1 aliphatic heterocycles. The highest BCUT2D eigenvalue weighted by molar-refractivity contribution is 5.67. The summed E-state index contributed by atoms with van der Waals surface area (Å²) in [5.74, 6) is 0.460. The molecule has 0 spiro atoms. The number of nitrogens with zero attached hydrogens (tertiary/aromatic N) is 1. The molecule has 2 unspecified atom stereocenters. The van der Waals surface area contributed by atoms with E-state index in [1.54, 1.807) is 0 Å². The summed E-state index contributed by atoms with van der Waals surface area (Å²) in [5, 5.41) is 9.14. The van der Waals surface area contributed by atoms with Crippen molar-refractivity contribution in [2.45, 2.75) is 65.3 Å². The van der Waals surface area contributed by atoms with Crippen molar-refractivity contribution in [3.05, 3.63) is 0 Å². The Morgan fingerprint density at radius 3 is 2.11 bits per heavy atom. The van der Waals surface area contributed by atoms with E-state index in [9.17, 15) is 4.79 Å². The second kappa shape index (κ2) is 7.78. The molecule has 106 valence electrons. The summed E-state index contributed by atoms with van der Waals surface area (Å²) in [4.78, 5) is 13.5. The quantitative estimate of drug-likeness (QED) is 0.791. The van der Waals surface area contributed by atoms with E-state index >= 15 is 0 Å². The van der Waals surface area contributed by atoms with Gasteiger partial charge < -0.3 is 5.11 Å². The van der Waals surface area contributed by atoms with Crippen molar-refractivity contribution < 1.29 is 9.90 Å². The minimum absolute atomic E-state index is 0.225. The average molecular weight is 255 g/mol. The maximum Gasteiger partial charge on any atom is 0.304 e. The fourth-order valence-electron chi connectivity index (χ4n) is 3.20. The first kappa shape index (κ1) is 15.5. The number of hydrogen-bond donors (Lipinski definition) is 1. The molecular weight excluding hydrogens is 226 g/mol. The maximum absolute atomic E-state index is 11.1. The van der Waals surface area contributed by atoms with Gasteiger partial charge in [-0.3, -0.25) is 9.69 Å². The molecule has 0 aromatic rings. The molecule has 1 saturated heterocycles. The Morgan fingerprint density at radius 1 is 1.11 bits per heavy atom. The molecule has 2 atom stereocenters. The van der Waals surface area contributed by atoms with Gasteiger partial charge in [0.1, 0.15) is 0 Å². The molecular formula is C15H29NO2. The predicted molar refractivity (Wildman–Crippen MR) is 74.7 cm³/mol. The Labute approximate surface area is 112 Å². The van der Waals surface area contributed by atoms with Crippen LogP contribution >= 0.6 is 0 Å². The van der Waals surface area contributed by atoms with Crippen LogP contribution in [0.4, 0.5) is 0 Å². The molecule has 1 heterocycles. The van der Waals surface area contributed by atoms with Crippen LogP contribution in [0, 0.1) is 11.8 Å². The van der Waals surface area contributed by atoms with Crippen molar-refractivity contribution in [2.24, 2.45) is 11.8 Å². The monoisotopic (exact) mass is 255 g/mol. The second-order valence-electron chi connectivity index (χ2n) is 6.22. The number of aliphatic carboxylic acids is 1. The van der Waals surface area contributed by atoms with Crippen LogP contribution in [-0.2, 0) is 4.79 Å². The van der Waals surface area contributed by atoms with Gasteiger partial charge in [0.25, 0.3) is 0 Å². The highest BCUT2D eigenvalue weighted by Gasteiger charge is 2.27. The number of hydrogen-bond acceptors (Lipinski definition) is 2. The minimum Gasteiger partial charge on any atom is -0.481 e. The summed E-state index contributed by atoms with van der Waals surface area (Å²) in [6, 6.07) is 0.225. The third kappa shape index (κ3) is 5.38. The Bertz CT molecular complexity index is 245. The van der Waals surface area contributed by atoms with Crippen LogP contribution in [0.1, 0.15) is 59.3 Å². The summed E-state index contributed by atoms with van der Waals surface area (Å²) >= 11 is 0. The number of rotatable bonds is 6. The van der Waals surface area contributed by atoms with Gasteiger partial charge in [-0.2, -0.15) is 0 Å². The third-order valence-electron chi connectivity index (χ3n) is 3.99. The van der Waals surface area contributed by atoms with Gasteiger partial charge in [-0.25, -0.2) is 0 Å². The van der Waals surface area contributed by atoms with Crippen molar-refractivity contribution in [1.29, 1.82) is 0 Å². The third-order valence-corrected chi connectivity index (χ3v) is 3.99. The van der Waals surface area contributed by atoms with Gasteiger partial charge in [0.05, 0.1) is 6.42 Å². The van der Waals surface area contributed by atoms with Crippen molar-refractivity contribution in [3.8, 4) is 0 Å². The molecule has 0 aromatic carbocycles. The lowest BCUT2D eigenvalue weighted by atomic mass is 9.89. The first-order valence-electron chi connectivity index (χ1n) is 7.46. The lowest BCUT2D eigenvalue weighted by Crippen LogP contribution is -2.42. The van der Waals surface area contributed by atoms with Crippen LogP contribution in [0.25, 0.3) is 0 Å². The summed E-state index contributed by atoms with van der Waals surface area (Å²) in [5.41, 5.74) is 0. The van der Waals surface area contributed by atoms with E-state index in [1.165, 1.54) is 25.7 Å². The van der Waals surface area contributed by atoms with Crippen LogP contribution in [0.5, 0.6) is 0 Å². The smallest absolute Gasteiger partial charge is 0.304 e. The normalized spacial score (nSPS) is 21.6. The molecule has 3 nitrogen and oxygen atoms in total. The van der Waals surface area contributed by atoms with Crippen LogP contribution in [0.15, 0.2) is 0 Å². The summed E-state index contributed by atoms with van der Waals surface area (Å²) in [6.45, 7) is 8.83. The number of carboxylic acid groups (broad SMARTS) is 1. The SMILES string of the molecule is CC(C)CC(C)C(CC(=O)O)N1CCCCCC1. The van der Waals surface area contributed by atoms with E-state index in [0.29, 0.717) is 18.3 Å². The molecule has 18 heavy (non-hydrogen) atoms. The molecule has 0 radical (unpaired) electrons. The summed E-state index contributed by atoms with van der Waals surface area (Å²) in [7, 11) is 0. The fourth-order valence-corrected chi connectivity index (χ4v) is 3.20. The van der Waals surface area contributed by atoms with E-state index < -0.39 is 5.97 Å². The second-order valence-corrected chi connectivity index (χ2v) is 6.22. The van der Waals surface area contributed by atoms with Gasteiger partial charge in [0.2, 0.25) is 0 Å². The van der Waals surface area contributed by atoms with Crippen LogP contribution in [0.3, 0.4) is 0 Å². The molecule has 0 bridgehead atoms. The Kier molecular flexibility index (Phi) is 6.69. The molecule has 0 amide bonds. The molecule has 0 aromatic heterocycles. The van der Waals surface area contributed by atoms with Gasteiger partial charge in [-0.1, -0.05) is 33.6 Å². The van der Waals surface area contributed by atoms with Crippen LogP contribution in [0.2, 0.25) is 0 Å². The highest BCUT2D eigenvalue weighted by atomic mass is 16.4. The topological polar surface area (TPSA) is 40.5 Å². The number of likely N-dealkylation sites (tertiary alicyclic amines) is 1. The molecule has 0 aliphatic carbocycles. The van der Waals surface area contributed by atoms with Gasteiger partial charge in [0, 0.05) is 6.04 Å². The fraction of sp³-hybridized carbons (Fsp3) is 0.933. The molecule has 1 N–H and O–H groups in total. The van der Waals surface area contributed by atoms with Crippen molar-refractivity contribution in [1.82, 2.24) is 4.90 Å². The zero-order valence-corrected chi connectivity index (χ0v) is 12.2. The van der Waals surface area contributed by atoms with Gasteiger partial charge in [0.15, 0.2) is 0 Å². The standard InChI is InChI=1S/C15H29NO2/c1-12(2)10-13(3)14(11-15(17)18)16-8-6-4-5-7-9-16/h12-14H,4-11H2,1-3H3,(H,17,18). The number of carboxylic acids is 1. The van der Waals surface area contributed by atoms with Crippen molar-refractivity contribution in [3.63, 3.8) is 0 Å². The van der Waals surface area contributed by atoms with E-state index in [1.807, 2.05) is 0 Å². The Balaban J connectivity index is 2.65. The van der Waals surface area contributed by atoms with Gasteiger partial charge in [-0.05, 0) is 44.2 Å². The Morgan fingerprint density at radius 2 is 1.67 bits per heavy atom.